The monoisotopic (exact) mass is 455 g/mol. The Balaban J connectivity index is 1.28. The summed E-state index contributed by atoms with van der Waals surface area (Å²) in [7, 11) is 0. The Bertz CT molecular complexity index is 770. The first-order valence-electron chi connectivity index (χ1n) is 13.5. The van der Waals surface area contributed by atoms with Gasteiger partial charge in [-0.15, -0.1) is 0 Å². The van der Waals surface area contributed by atoms with Crippen LogP contribution >= 0.6 is 0 Å². The van der Waals surface area contributed by atoms with Gasteiger partial charge < -0.3 is 4.74 Å². The van der Waals surface area contributed by atoms with Gasteiger partial charge in [0, 0.05) is 12.5 Å². The van der Waals surface area contributed by atoms with Crippen molar-refractivity contribution in [2.24, 2.45) is 23.7 Å². The fraction of sp³-hybridized carbons (Fsp3) is 0.724. The van der Waals surface area contributed by atoms with Crippen LogP contribution in [0.3, 0.4) is 0 Å². The van der Waals surface area contributed by atoms with Crippen molar-refractivity contribution in [3.05, 3.63) is 29.6 Å². The predicted octanol–water partition coefficient (Wildman–Crippen LogP) is 8.36. The van der Waals surface area contributed by atoms with Crippen molar-refractivity contribution in [3.63, 3.8) is 0 Å². The van der Waals surface area contributed by atoms with Crippen LogP contribution in [0.1, 0.15) is 115 Å². The Morgan fingerprint density at radius 2 is 1.55 bits per heavy atom. The first kappa shape index (κ1) is 25.7. The van der Waals surface area contributed by atoms with Crippen LogP contribution in [0.2, 0.25) is 0 Å². The molecule has 1 aromatic rings. The van der Waals surface area contributed by atoms with Gasteiger partial charge in [0.2, 0.25) is 0 Å². The van der Waals surface area contributed by atoms with Crippen LogP contribution in [-0.2, 0) is 4.79 Å². The average molecular weight is 456 g/mol. The van der Waals surface area contributed by atoms with E-state index in [0.29, 0.717) is 12.3 Å². The van der Waals surface area contributed by atoms with E-state index in [4.69, 9.17) is 10.00 Å². The molecule has 33 heavy (non-hydrogen) atoms. The Kier molecular flexibility index (Phi) is 10.7. The highest BCUT2D eigenvalue weighted by Gasteiger charge is 2.30. The molecule has 0 aliphatic heterocycles. The minimum absolute atomic E-state index is 0.0394. The summed E-state index contributed by atoms with van der Waals surface area (Å²) in [5.74, 6) is 2.62. The molecule has 0 bridgehead atoms. The van der Waals surface area contributed by atoms with Crippen LogP contribution in [0.15, 0.2) is 18.2 Å². The summed E-state index contributed by atoms with van der Waals surface area (Å²) in [6, 6.07) is 5.71. The van der Waals surface area contributed by atoms with Gasteiger partial charge in [-0.2, -0.15) is 5.26 Å². The Labute approximate surface area is 200 Å². The SMILES string of the molecule is CCCCCCC[C@H]1CC[C@H](C2CCC(CCC(=O)Oc3ccc(C#N)c(F)c3)CC2)CC1. The molecule has 1 aromatic carbocycles. The van der Waals surface area contributed by atoms with Crippen molar-refractivity contribution in [1.82, 2.24) is 0 Å². The molecule has 0 N–H and O–H groups in total. The van der Waals surface area contributed by atoms with Gasteiger partial charge in [0.05, 0.1) is 5.56 Å². The molecule has 3 nitrogen and oxygen atoms in total. The second-order valence-corrected chi connectivity index (χ2v) is 10.5. The lowest BCUT2D eigenvalue weighted by Gasteiger charge is -2.38. The molecule has 182 valence electrons. The lowest BCUT2D eigenvalue weighted by Crippen LogP contribution is -2.26. The van der Waals surface area contributed by atoms with Crippen LogP contribution in [-0.4, -0.2) is 5.97 Å². The molecule has 2 fully saturated rings. The summed E-state index contributed by atoms with van der Waals surface area (Å²) in [6.45, 7) is 2.28. The number of benzene rings is 1. The van der Waals surface area contributed by atoms with Crippen molar-refractivity contribution < 1.29 is 13.9 Å². The summed E-state index contributed by atoms with van der Waals surface area (Å²) in [4.78, 5) is 12.2. The van der Waals surface area contributed by atoms with Gasteiger partial charge in [-0.3, -0.25) is 4.79 Å². The number of halogens is 1. The number of ether oxygens (including phenoxy) is 1. The largest absolute Gasteiger partial charge is 0.426 e. The molecule has 0 spiro atoms. The zero-order valence-corrected chi connectivity index (χ0v) is 20.5. The van der Waals surface area contributed by atoms with Crippen LogP contribution in [0.4, 0.5) is 4.39 Å². The topological polar surface area (TPSA) is 50.1 Å². The minimum atomic E-state index is -0.651. The summed E-state index contributed by atoms with van der Waals surface area (Å²) < 4.78 is 18.9. The van der Waals surface area contributed by atoms with Gasteiger partial charge in [-0.25, -0.2) is 4.39 Å². The number of hydrogen-bond acceptors (Lipinski definition) is 3. The Hall–Kier alpha value is -1.89. The summed E-state index contributed by atoms with van der Waals surface area (Å²) in [6.07, 6.45) is 20.5. The van der Waals surface area contributed by atoms with Crippen molar-refractivity contribution in [1.29, 1.82) is 5.26 Å². The van der Waals surface area contributed by atoms with E-state index in [1.165, 1.54) is 102 Å². The van der Waals surface area contributed by atoms with E-state index >= 15 is 0 Å². The number of nitriles is 1. The number of nitrogens with zero attached hydrogens (tertiary/aromatic N) is 1. The molecule has 0 amide bonds. The number of esters is 1. The first-order valence-corrected chi connectivity index (χ1v) is 13.5. The molecule has 0 saturated heterocycles. The lowest BCUT2D eigenvalue weighted by molar-refractivity contribution is -0.134. The number of hydrogen-bond donors (Lipinski definition) is 0. The highest BCUT2D eigenvalue weighted by molar-refractivity contribution is 5.72. The summed E-state index contributed by atoms with van der Waals surface area (Å²) >= 11 is 0. The van der Waals surface area contributed by atoms with E-state index < -0.39 is 5.82 Å². The minimum Gasteiger partial charge on any atom is -0.426 e. The van der Waals surface area contributed by atoms with E-state index in [2.05, 4.69) is 6.92 Å². The molecule has 0 unspecified atom stereocenters. The number of unbranched alkanes of at least 4 members (excludes halogenated alkanes) is 4. The molecule has 2 aliphatic carbocycles. The van der Waals surface area contributed by atoms with E-state index in [1.54, 1.807) is 6.07 Å². The Morgan fingerprint density at radius 3 is 2.12 bits per heavy atom. The van der Waals surface area contributed by atoms with Gasteiger partial charge >= 0.3 is 5.97 Å². The molecule has 0 radical (unpaired) electrons. The van der Waals surface area contributed by atoms with Gasteiger partial charge in [0.15, 0.2) is 0 Å². The number of carbonyl (C=O) groups excluding carboxylic acids is 1. The lowest BCUT2D eigenvalue weighted by atomic mass is 9.68. The van der Waals surface area contributed by atoms with E-state index in [-0.39, 0.29) is 17.3 Å². The van der Waals surface area contributed by atoms with Crippen molar-refractivity contribution in [3.8, 4) is 11.8 Å². The van der Waals surface area contributed by atoms with Crippen LogP contribution < -0.4 is 4.74 Å². The third kappa shape index (κ3) is 8.43. The van der Waals surface area contributed by atoms with E-state index in [0.717, 1.165) is 30.2 Å². The van der Waals surface area contributed by atoms with Gasteiger partial charge in [0.25, 0.3) is 0 Å². The molecule has 0 heterocycles. The summed E-state index contributed by atoms with van der Waals surface area (Å²) in [5.41, 5.74) is -0.0394. The zero-order valence-electron chi connectivity index (χ0n) is 20.5. The van der Waals surface area contributed by atoms with Gasteiger partial charge in [-0.05, 0) is 67.9 Å². The number of carbonyl (C=O) groups is 1. The summed E-state index contributed by atoms with van der Waals surface area (Å²) in [5, 5.41) is 8.79. The smallest absolute Gasteiger partial charge is 0.311 e. The molecule has 2 saturated carbocycles. The highest BCUT2D eigenvalue weighted by atomic mass is 19.1. The molecule has 4 heteroatoms. The van der Waals surface area contributed by atoms with E-state index in [1.807, 2.05) is 0 Å². The van der Waals surface area contributed by atoms with Crippen LogP contribution in [0.5, 0.6) is 5.75 Å². The standard InChI is InChI=1S/C29H42FNO2/c1-2-3-4-5-6-7-22-8-13-24(14-9-22)25-15-10-23(11-16-25)12-19-29(32)33-27-18-17-26(21-31)28(30)20-27/h17-18,20,22-25H,2-16,19H2,1H3/t22-,23?,24-,25?. The third-order valence-electron chi connectivity index (χ3n) is 8.21. The van der Waals surface area contributed by atoms with Crippen molar-refractivity contribution in [2.45, 2.75) is 110 Å². The molecular weight excluding hydrogens is 413 g/mol. The maximum absolute atomic E-state index is 13.7. The van der Waals surface area contributed by atoms with E-state index in [9.17, 15) is 9.18 Å². The maximum atomic E-state index is 13.7. The van der Waals surface area contributed by atoms with Crippen molar-refractivity contribution in [2.75, 3.05) is 0 Å². The second-order valence-electron chi connectivity index (χ2n) is 10.5. The molecule has 0 atom stereocenters. The fourth-order valence-corrected chi connectivity index (χ4v) is 6.09. The normalized spacial score (nSPS) is 25.4. The highest BCUT2D eigenvalue weighted by Crippen LogP contribution is 2.43. The van der Waals surface area contributed by atoms with Crippen LogP contribution in [0, 0.1) is 40.8 Å². The third-order valence-corrected chi connectivity index (χ3v) is 8.21. The fourth-order valence-electron chi connectivity index (χ4n) is 6.09. The average Bonchev–Trinajstić information content (AvgIpc) is 2.83. The van der Waals surface area contributed by atoms with Crippen LogP contribution in [0.25, 0.3) is 0 Å². The zero-order chi connectivity index (χ0) is 23.5. The maximum Gasteiger partial charge on any atom is 0.311 e. The molecular formula is C29H42FNO2. The van der Waals surface area contributed by atoms with Gasteiger partial charge in [0.1, 0.15) is 17.6 Å². The van der Waals surface area contributed by atoms with Gasteiger partial charge in [-0.1, -0.05) is 71.1 Å². The predicted molar refractivity (Wildman–Crippen MR) is 130 cm³/mol. The molecule has 2 aliphatic rings. The van der Waals surface area contributed by atoms with Crippen molar-refractivity contribution >= 4 is 5.97 Å². The quantitative estimate of drug-likeness (QED) is 0.191. The number of rotatable bonds is 11. The molecule has 0 aromatic heterocycles. The Morgan fingerprint density at radius 1 is 0.939 bits per heavy atom. The molecule has 3 rings (SSSR count). The first-order chi connectivity index (χ1) is 16.1. The second kappa shape index (κ2) is 13.7.